The zero-order valence-electron chi connectivity index (χ0n) is 16.4. The SMILES string of the molecule is CCC[N+]12C(C)=NN=C1C=C(c1ccc(C(F)(F)F)cc1)c1cc(OC)ccc12. The third kappa shape index (κ3) is 2.97. The maximum Gasteiger partial charge on any atom is 0.416 e. The molecular weight excluding hydrogens is 379 g/mol. The smallest absolute Gasteiger partial charge is 0.416 e. The van der Waals surface area contributed by atoms with Crippen molar-refractivity contribution in [2.75, 3.05) is 13.7 Å². The van der Waals surface area contributed by atoms with E-state index in [0.717, 1.165) is 53.6 Å². The predicted octanol–water partition coefficient (Wildman–Crippen LogP) is 5.62. The standard InChI is InChI=1S/C22H21F3N3O/c1-4-11-28-14(2)26-27-21(28)13-18(19-12-17(29-3)9-10-20(19)28)15-5-7-16(8-6-15)22(23,24)25/h5-10,12-13H,4,11H2,1-3H3/q+1. The summed E-state index contributed by atoms with van der Waals surface area (Å²) in [4.78, 5) is 0. The van der Waals surface area contributed by atoms with E-state index in [9.17, 15) is 13.2 Å². The molecule has 0 bridgehead atoms. The number of hydrogen-bond donors (Lipinski definition) is 0. The molecule has 0 saturated heterocycles. The highest BCUT2D eigenvalue weighted by Crippen LogP contribution is 2.44. The molecule has 0 radical (unpaired) electrons. The second-order valence-electron chi connectivity index (χ2n) is 7.15. The Balaban J connectivity index is 1.91. The fourth-order valence-corrected chi connectivity index (χ4v) is 4.09. The Morgan fingerprint density at radius 1 is 1.03 bits per heavy atom. The Bertz CT molecular complexity index is 1050. The number of benzene rings is 2. The van der Waals surface area contributed by atoms with Gasteiger partial charge < -0.3 is 4.74 Å². The molecule has 0 fully saturated rings. The summed E-state index contributed by atoms with van der Waals surface area (Å²) in [7, 11) is 1.60. The second kappa shape index (κ2) is 6.84. The van der Waals surface area contributed by atoms with Crippen molar-refractivity contribution in [3.8, 4) is 5.75 Å². The summed E-state index contributed by atoms with van der Waals surface area (Å²) in [5.74, 6) is 2.33. The molecule has 1 atom stereocenters. The maximum absolute atomic E-state index is 13.0. The Labute approximate surface area is 167 Å². The maximum atomic E-state index is 13.0. The minimum atomic E-state index is -4.37. The first-order chi connectivity index (χ1) is 13.8. The fourth-order valence-electron chi connectivity index (χ4n) is 4.09. The summed E-state index contributed by atoms with van der Waals surface area (Å²) in [6.07, 6.45) is -1.52. The van der Waals surface area contributed by atoms with Gasteiger partial charge in [0.05, 0.1) is 19.2 Å². The van der Waals surface area contributed by atoms with Crippen LogP contribution in [0.5, 0.6) is 5.75 Å². The summed E-state index contributed by atoms with van der Waals surface area (Å²) in [6.45, 7) is 4.86. The first-order valence-corrected chi connectivity index (χ1v) is 9.41. The van der Waals surface area contributed by atoms with E-state index < -0.39 is 11.7 Å². The van der Waals surface area contributed by atoms with Crippen molar-refractivity contribution in [3.63, 3.8) is 0 Å². The van der Waals surface area contributed by atoms with Crippen LogP contribution in [0.15, 0.2) is 58.7 Å². The van der Waals surface area contributed by atoms with Crippen molar-refractivity contribution in [3.05, 3.63) is 65.2 Å². The van der Waals surface area contributed by atoms with Gasteiger partial charge in [0.2, 0.25) is 5.84 Å². The fraction of sp³-hybridized carbons (Fsp3) is 0.273. The van der Waals surface area contributed by atoms with Gasteiger partial charge >= 0.3 is 6.18 Å². The van der Waals surface area contributed by atoms with Crippen LogP contribution in [0.4, 0.5) is 18.9 Å². The summed E-state index contributed by atoms with van der Waals surface area (Å²) >= 11 is 0. The molecule has 0 N–H and O–H groups in total. The highest BCUT2D eigenvalue weighted by molar-refractivity contribution is 6.25. The first kappa shape index (κ1) is 19.4. The molecule has 7 heteroatoms. The second-order valence-corrected chi connectivity index (χ2v) is 7.15. The van der Waals surface area contributed by atoms with Gasteiger partial charge in [-0.15, -0.1) is 0 Å². The van der Waals surface area contributed by atoms with Gasteiger partial charge in [-0.2, -0.15) is 17.7 Å². The van der Waals surface area contributed by atoms with Crippen molar-refractivity contribution < 1.29 is 17.9 Å². The average molecular weight is 400 g/mol. The van der Waals surface area contributed by atoms with Crippen molar-refractivity contribution in [2.45, 2.75) is 26.4 Å². The molecule has 0 aromatic heterocycles. The number of quaternary nitrogens is 1. The molecule has 2 aliphatic heterocycles. The molecule has 4 rings (SSSR count). The zero-order chi connectivity index (χ0) is 20.8. The van der Waals surface area contributed by atoms with Gasteiger partial charge in [-0.25, -0.2) is 0 Å². The van der Waals surface area contributed by atoms with Gasteiger partial charge in [0, 0.05) is 30.2 Å². The van der Waals surface area contributed by atoms with E-state index in [1.165, 1.54) is 12.1 Å². The molecule has 0 saturated carbocycles. The molecule has 1 unspecified atom stereocenters. The van der Waals surface area contributed by atoms with Gasteiger partial charge in [-0.05, 0) is 36.2 Å². The first-order valence-electron chi connectivity index (χ1n) is 9.41. The topological polar surface area (TPSA) is 34.0 Å². The molecule has 4 nitrogen and oxygen atoms in total. The van der Waals surface area contributed by atoms with E-state index in [1.54, 1.807) is 7.11 Å². The van der Waals surface area contributed by atoms with E-state index in [1.807, 2.05) is 31.2 Å². The predicted molar refractivity (Wildman–Crippen MR) is 109 cm³/mol. The molecular formula is C22H21F3N3O+. The number of fused-ring (bicyclic) bond motifs is 3. The molecule has 0 aliphatic carbocycles. The van der Waals surface area contributed by atoms with Crippen molar-refractivity contribution in [2.24, 2.45) is 10.2 Å². The molecule has 150 valence electrons. The van der Waals surface area contributed by atoms with E-state index in [0.29, 0.717) is 15.8 Å². The third-order valence-electron chi connectivity index (χ3n) is 5.50. The Kier molecular flexibility index (Phi) is 4.58. The lowest BCUT2D eigenvalue weighted by Crippen LogP contribution is -2.57. The lowest BCUT2D eigenvalue weighted by Gasteiger charge is -2.37. The Morgan fingerprint density at radius 3 is 2.38 bits per heavy atom. The minimum absolute atomic E-state index is 0.431. The number of rotatable bonds is 4. The molecule has 0 spiro atoms. The highest BCUT2D eigenvalue weighted by Gasteiger charge is 2.47. The normalized spacial score (nSPS) is 20.4. The number of ether oxygens (including phenoxy) is 1. The summed E-state index contributed by atoms with van der Waals surface area (Å²) < 4.78 is 44.8. The molecule has 2 aromatic carbocycles. The summed E-state index contributed by atoms with van der Waals surface area (Å²) in [5.41, 5.74) is 2.74. The number of halogens is 3. The van der Waals surface area contributed by atoms with Crippen LogP contribution in [-0.2, 0) is 6.18 Å². The van der Waals surface area contributed by atoms with Crippen molar-refractivity contribution in [1.82, 2.24) is 4.48 Å². The van der Waals surface area contributed by atoms with Crippen molar-refractivity contribution >= 4 is 22.9 Å². The number of nitrogens with zero attached hydrogens (tertiary/aromatic N) is 3. The van der Waals surface area contributed by atoms with Crippen LogP contribution in [0.1, 0.15) is 37.0 Å². The Morgan fingerprint density at radius 2 is 1.76 bits per heavy atom. The molecule has 0 amide bonds. The summed E-state index contributed by atoms with van der Waals surface area (Å²) in [6, 6.07) is 11.0. The lowest BCUT2D eigenvalue weighted by atomic mass is 9.90. The van der Waals surface area contributed by atoms with Crippen LogP contribution >= 0.6 is 0 Å². The monoisotopic (exact) mass is 400 g/mol. The number of amidine groups is 2. The molecule has 29 heavy (non-hydrogen) atoms. The zero-order valence-corrected chi connectivity index (χ0v) is 16.4. The van der Waals surface area contributed by atoms with Gasteiger partial charge in [0.25, 0.3) is 5.84 Å². The Hall–Kier alpha value is -2.93. The van der Waals surface area contributed by atoms with E-state index >= 15 is 0 Å². The van der Waals surface area contributed by atoms with Crippen molar-refractivity contribution in [1.29, 1.82) is 0 Å². The third-order valence-corrected chi connectivity index (χ3v) is 5.50. The van der Waals surface area contributed by atoms with Crippen LogP contribution in [-0.4, -0.2) is 25.3 Å². The van der Waals surface area contributed by atoms with Gasteiger partial charge in [-0.3, -0.25) is 0 Å². The largest absolute Gasteiger partial charge is 0.497 e. The van der Waals surface area contributed by atoms with Crippen LogP contribution in [0, 0.1) is 0 Å². The van der Waals surface area contributed by atoms with Gasteiger partial charge in [-0.1, -0.05) is 29.3 Å². The van der Waals surface area contributed by atoms with Crippen LogP contribution < -0.4 is 9.22 Å². The van der Waals surface area contributed by atoms with Gasteiger partial charge in [0.15, 0.2) is 5.69 Å². The summed E-state index contributed by atoms with van der Waals surface area (Å²) in [5, 5.41) is 8.73. The van der Waals surface area contributed by atoms with Crippen LogP contribution in [0.2, 0.25) is 0 Å². The molecule has 2 aliphatic rings. The number of alkyl halides is 3. The molecule has 2 aromatic rings. The number of methoxy groups -OCH3 is 1. The van der Waals surface area contributed by atoms with E-state index in [4.69, 9.17) is 4.74 Å². The minimum Gasteiger partial charge on any atom is -0.497 e. The number of hydrogen-bond acceptors (Lipinski definition) is 3. The van der Waals surface area contributed by atoms with Gasteiger partial charge in [0.1, 0.15) is 5.75 Å². The average Bonchev–Trinajstić information content (AvgIpc) is 3.03. The van der Waals surface area contributed by atoms with E-state index in [-0.39, 0.29) is 0 Å². The highest BCUT2D eigenvalue weighted by atomic mass is 19.4. The lowest BCUT2D eigenvalue weighted by molar-refractivity contribution is -0.137. The van der Waals surface area contributed by atoms with Crippen LogP contribution in [0.3, 0.4) is 0 Å². The van der Waals surface area contributed by atoms with E-state index in [2.05, 4.69) is 17.1 Å². The van der Waals surface area contributed by atoms with Crippen LogP contribution in [0.25, 0.3) is 5.57 Å². The molecule has 2 heterocycles. The quantitative estimate of drug-likeness (QED) is 0.613.